The molecule has 0 aliphatic rings. The van der Waals surface area contributed by atoms with E-state index in [0.29, 0.717) is 12.1 Å². The predicted octanol–water partition coefficient (Wildman–Crippen LogP) is 2.35. The zero-order chi connectivity index (χ0) is 13.8. The summed E-state index contributed by atoms with van der Waals surface area (Å²) >= 11 is 0. The number of rotatable bonds is 4. The molecule has 0 saturated carbocycles. The highest BCUT2D eigenvalue weighted by Gasteiger charge is 2.21. The molecule has 1 rings (SSSR count). The van der Waals surface area contributed by atoms with Crippen molar-refractivity contribution in [1.29, 1.82) is 0 Å². The van der Waals surface area contributed by atoms with E-state index in [1.807, 2.05) is 31.2 Å². The van der Waals surface area contributed by atoms with Crippen LogP contribution < -0.4 is 11.1 Å². The zero-order valence-corrected chi connectivity index (χ0v) is 11.8. The molecule has 1 aromatic rings. The van der Waals surface area contributed by atoms with Crippen LogP contribution in [0.4, 0.5) is 0 Å². The number of hydrogen-bond donors (Lipinski definition) is 2. The van der Waals surface area contributed by atoms with Gasteiger partial charge in [-0.15, -0.1) is 0 Å². The van der Waals surface area contributed by atoms with Crippen LogP contribution in [0.5, 0.6) is 0 Å². The van der Waals surface area contributed by atoms with Gasteiger partial charge in [-0.1, -0.05) is 32.9 Å². The van der Waals surface area contributed by atoms with Crippen molar-refractivity contribution in [2.75, 3.05) is 6.54 Å². The molecule has 1 atom stereocenters. The third-order valence-electron chi connectivity index (χ3n) is 3.30. The molecular weight excluding hydrogens is 224 g/mol. The van der Waals surface area contributed by atoms with E-state index in [-0.39, 0.29) is 17.4 Å². The molecule has 0 aliphatic carbocycles. The van der Waals surface area contributed by atoms with Crippen LogP contribution in [0.1, 0.15) is 43.6 Å². The molecular formula is C15H24N2O. The van der Waals surface area contributed by atoms with Crippen molar-refractivity contribution in [1.82, 2.24) is 5.32 Å². The smallest absolute Gasteiger partial charge is 0.251 e. The Kier molecular flexibility index (Phi) is 4.91. The van der Waals surface area contributed by atoms with E-state index in [1.54, 1.807) is 0 Å². The van der Waals surface area contributed by atoms with Crippen molar-refractivity contribution >= 4 is 5.91 Å². The van der Waals surface area contributed by atoms with Crippen LogP contribution in [-0.2, 0) is 6.42 Å². The standard InChI is InChI=1S/C15H24N2O/c1-11(15(2,3)4)17-14(18)13-7-5-12(6-8-13)9-10-16/h5-8,11H,9-10,16H2,1-4H3,(H,17,18). The first-order chi connectivity index (χ1) is 8.34. The highest BCUT2D eigenvalue weighted by Crippen LogP contribution is 2.19. The van der Waals surface area contributed by atoms with Gasteiger partial charge in [0.1, 0.15) is 0 Å². The maximum Gasteiger partial charge on any atom is 0.251 e. The van der Waals surface area contributed by atoms with Crippen molar-refractivity contribution in [2.45, 2.75) is 40.2 Å². The summed E-state index contributed by atoms with van der Waals surface area (Å²) in [6.45, 7) is 9.00. The van der Waals surface area contributed by atoms with Crippen LogP contribution in [0, 0.1) is 5.41 Å². The van der Waals surface area contributed by atoms with Crippen molar-refractivity contribution in [3.05, 3.63) is 35.4 Å². The normalized spacial score (nSPS) is 13.2. The van der Waals surface area contributed by atoms with E-state index >= 15 is 0 Å². The molecule has 1 aromatic carbocycles. The second kappa shape index (κ2) is 6.01. The van der Waals surface area contributed by atoms with E-state index in [2.05, 4.69) is 26.1 Å². The molecule has 1 unspecified atom stereocenters. The number of carbonyl (C=O) groups is 1. The van der Waals surface area contributed by atoms with Crippen molar-refractivity contribution in [2.24, 2.45) is 11.1 Å². The average Bonchev–Trinajstić information content (AvgIpc) is 2.29. The van der Waals surface area contributed by atoms with Gasteiger partial charge in [0, 0.05) is 11.6 Å². The summed E-state index contributed by atoms with van der Waals surface area (Å²) in [6.07, 6.45) is 0.848. The Morgan fingerprint density at radius 1 is 1.28 bits per heavy atom. The molecule has 3 N–H and O–H groups in total. The van der Waals surface area contributed by atoms with Crippen LogP contribution in [0.25, 0.3) is 0 Å². The minimum atomic E-state index is -0.0169. The van der Waals surface area contributed by atoms with Crippen LogP contribution >= 0.6 is 0 Å². The molecule has 0 fully saturated rings. The van der Waals surface area contributed by atoms with Crippen LogP contribution in [0.2, 0.25) is 0 Å². The number of benzene rings is 1. The predicted molar refractivity (Wildman–Crippen MR) is 75.6 cm³/mol. The number of nitrogens with two attached hydrogens (primary N) is 1. The molecule has 1 amide bonds. The Bertz CT molecular complexity index is 390. The molecule has 0 aliphatic heterocycles. The lowest BCUT2D eigenvalue weighted by Gasteiger charge is -2.28. The Morgan fingerprint density at radius 2 is 1.83 bits per heavy atom. The Labute approximate surface area is 110 Å². The van der Waals surface area contributed by atoms with Crippen LogP contribution in [0.3, 0.4) is 0 Å². The maximum absolute atomic E-state index is 12.0. The number of nitrogens with one attached hydrogen (secondary N) is 1. The van der Waals surface area contributed by atoms with E-state index in [9.17, 15) is 4.79 Å². The quantitative estimate of drug-likeness (QED) is 0.859. The zero-order valence-electron chi connectivity index (χ0n) is 11.8. The topological polar surface area (TPSA) is 55.1 Å². The SMILES string of the molecule is CC(NC(=O)c1ccc(CCN)cc1)C(C)(C)C. The lowest BCUT2D eigenvalue weighted by Crippen LogP contribution is -2.41. The number of hydrogen-bond acceptors (Lipinski definition) is 2. The first kappa shape index (κ1) is 14.7. The lowest BCUT2D eigenvalue weighted by atomic mass is 9.88. The van der Waals surface area contributed by atoms with Gasteiger partial charge < -0.3 is 11.1 Å². The summed E-state index contributed by atoms with van der Waals surface area (Å²) in [5.41, 5.74) is 7.42. The molecule has 0 bridgehead atoms. The summed E-state index contributed by atoms with van der Waals surface area (Å²) in [5.74, 6) is -0.0169. The lowest BCUT2D eigenvalue weighted by molar-refractivity contribution is 0.0910. The maximum atomic E-state index is 12.0. The van der Waals surface area contributed by atoms with Gasteiger partial charge in [-0.05, 0) is 43.0 Å². The molecule has 3 nitrogen and oxygen atoms in total. The van der Waals surface area contributed by atoms with E-state index < -0.39 is 0 Å². The monoisotopic (exact) mass is 248 g/mol. The summed E-state index contributed by atoms with van der Waals surface area (Å²) in [5, 5.41) is 3.02. The van der Waals surface area contributed by atoms with E-state index in [4.69, 9.17) is 5.73 Å². The van der Waals surface area contributed by atoms with Gasteiger partial charge >= 0.3 is 0 Å². The largest absolute Gasteiger partial charge is 0.349 e. The minimum absolute atomic E-state index is 0.0169. The van der Waals surface area contributed by atoms with Gasteiger partial charge in [-0.25, -0.2) is 0 Å². The van der Waals surface area contributed by atoms with Crippen LogP contribution in [-0.4, -0.2) is 18.5 Å². The molecule has 0 aromatic heterocycles. The highest BCUT2D eigenvalue weighted by molar-refractivity contribution is 5.94. The molecule has 100 valence electrons. The fourth-order valence-electron chi connectivity index (χ4n) is 1.49. The molecule has 0 heterocycles. The second-order valence-corrected chi connectivity index (χ2v) is 5.80. The van der Waals surface area contributed by atoms with Gasteiger partial charge in [0.05, 0.1) is 0 Å². The molecule has 0 radical (unpaired) electrons. The third-order valence-corrected chi connectivity index (χ3v) is 3.30. The fourth-order valence-corrected chi connectivity index (χ4v) is 1.49. The summed E-state index contributed by atoms with van der Waals surface area (Å²) in [6, 6.07) is 7.77. The number of amides is 1. The molecule has 18 heavy (non-hydrogen) atoms. The van der Waals surface area contributed by atoms with Gasteiger partial charge in [0.15, 0.2) is 0 Å². The van der Waals surface area contributed by atoms with Crippen molar-refractivity contribution < 1.29 is 4.79 Å². The van der Waals surface area contributed by atoms with E-state index in [1.165, 1.54) is 0 Å². The summed E-state index contributed by atoms with van der Waals surface area (Å²) < 4.78 is 0. The third kappa shape index (κ3) is 4.15. The average molecular weight is 248 g/mol. The Balaban J connectivity index is 2.67. The van der Waals surface area contributed by atoms with Gasteiger partial charge in [-0.2, -0.15) is 0 Å². The first-order valence-corrected chi connectivity index (χ1v) is 6.44. The molecule has 0 saturated heterocycles. The molecule has 3 heteroatoms. The van der Waals surface area contributed by atoms with Crippen molar-refractivity contribution in [3.63, 3.8) is 0 Å². The fraction of sp³-hybridized carbons (Fsp3) is 0.533. The molecule has 0 spiro atoms. The summed E-state index contributed by atoms with van der Waals surface area (Å²) in [7, 11) is 0. The summed E-state index contributed by atoms with van der Waals surface area (Å²) in [4.78, 5) is 12.0. The highest BCUT2D eigenvalue weighted by atomic mass is 16.1. The van der Waals surface area contributed by atoms with Gasteiger partial charge in [0.25, 0.3) is 5.91 Å². The van der Waals surface area contributed by atoms with Gasteiger partial charge in [0.2, 0.25) is 0 Å². The van der Waals surface area contributed by atoms with Gasteiger partial charge in [-0.3, -0.25) is 4.79 Å². The number of carbonyl (C=O) groups excluding carboxylic acids is 1. The first-order valence-electron chi connectivity index (χ1n) is 6.44. The van der Waals surface area contributed by atoms with Crippen LogP contribution in [0.15, 0.2) is 24.3 Å². The minimum Gasteiger partial charge on any atom is -0.349 e. The van der Waals surface area contributed by atoms with Crippen molar-refractivity contribution in [3.8, 4) is 0 Å². The second-order valence-electron chi connectivity index (χ2n) is 5.80. The van der Waals surface area contributed by atoms with E-state index in [0.717, 1.165) is 12.0 Å². The Hall–Kier alpha value is -1.35. The Morgan fingerprint density at radius 3 is 2.28 bits per heavy atom.